The molecule has 2 aromatic rings. The predicted octanol–water partition coefficient (Wildman–Crippen LogP) is 5.80. The molecule has 8 heteroatoms. The van der Waals surface area contributed by atoms with Crippen molar-refractivity contribution in [2.45, 2.75) is 65.5 Å². The van der Waals surface area contributed by atoms with E-state index < -0.39 is 29.1 Å². The van der Waals surface area contributed by atoms with Crippen LogP contribution < -0.4 is 5.32 Å². The first-order valence-corrected chi connectivity index (χ1v) is 13.0. The van der Waals surface area contributed by atoms with E-state index in [0.717, 1.165) is 16.7 Å². The Morgan fingerprint density at radius 1 is 1.05 bits per heavy atom. The first-order chi connectivity index (χ1) is 17.5. The lowest BCUT2D eigenvalue weighted by Crippen LogP contribution is -2.46. The second kappa shape index (κ2) is 14.4. The number of carbonyl (C=O) groups is 2. The van der Waals surface area contributed by atoms with Crippen LogP contribution in [-0.2, 0) is 25.4 Å². The highest BCUT2D eigenvalue weighted by Crippen LogP contribution is 2.29. The minimum absolute atomic E-state index is 0.00409. The zero-order valence-electron chi connectivity index (χ0n) is 22.5. The van der Waals surface area contributed by atoms with E-state index in [1.165, 1.54) is 0 Å². The maximum absolute atomic E-state index is 13.0. The first kappa shape index (κ1) is 30.6. The van der Waals surface area contributed by atoms with Gasteiger partial charge in [-0.2, -0.15) is 0 Å². The van der Waals surface area contributed by atoms with Gasteiger partial charge in [-0.25, -0.2) is 4.79 Å². The number of esters is 1. The van der Waals surface area contributed by atoms with Crippen molar-refractivity contribution in [2.24, 2.45) is 5.41 Å². The maximum Gasteiger partial charge on any atom is 0.407 e. The molecule has 0 saturated heterocycles. The molecule has 0 aliphatic heterocycles. The summed E-state index contributed by atoms with van der Waals surface area (Å²) in [6, 6.07) is 15.2. The molecule has 2 N–H and O–H groups in total. The summed E-state index contributed by atoms with van der Waals surface area (Å²) < 4.78 is 16.5. The van der Waals surface area contributed by atoms with Crippen LogP contribution in [0.15, 0.2) is 48.5 Å². The third kappa shape index (κ3) is 10.7. The third-order valence-corrected chi connectivity index (χ3v) is 5.88. The van der Waals surface area contributed by atoms with Gasteiger partial charge in [0.15, 0.2) is 0 Å². The van der Waals surface area contributed by atoms with E-state index in [4.69, 9.17) is 30.9 Å². The largest absolute Gasteiger partial charge is 0.466 e. The Balaban J connectivity index is 2.26. The number of carbonyl (C=O) groups excluding carboxylic acids is 2. The average Bonchev–Trinajstić information content (AvgIpc) is 2.81. The molecule has 0 bridgehead atoms. The minimum atomic E-state index is -1.01. The van der Waals surface area contributed by atoms with Crippen molar-refractivity contribution in [1.82, 2.24) is 5.32 Å². The molecule has 0 radical (unpaired) electrons. The van der Waals surface area contributed by atoms with Crippen molar-refractivity contribution in [3.63, 3.8) is 0 Å². The van der Waals surface area contributed by atoms with Gasteiger partial charge >= 0.3 is 12.1 Å². The summed E-state index contributed by atoms with van der Waals surface area (Å²) in [5.41, 5.74) is 1.35. The van der Waals surface area contributed by atoms with E-state index >= 15 is 0 Å². The number of aliphatic hydroxyl groups is 1. The fraction of sp³-hybridized carbons (Fsp3) is 0.517. The number of ether oxygens (including phenoxy) is 3. The molecule has 0 aromatic heterocycles. The minimum Gasteiger partial charge on any atom is -0.466 e. The summed E-state index contributed by atoms with van der Waals surface area (Å²) in [6.07, 6.45) is 0.666. The highest BCUT2D eigenvalue weighted by atomic mass is 35.5. The number of hydrogen-bond donors (Lipinski definition) is 2. The lowest BCUT2D eigenvalue weighted by atomic mass is 9.82. The summed E-state index contributed by atoms with van der Waals surface area (Å²) in [6.45, 7) is 9.59. The van der Waals surface area contributed by atoms with Crippen LogP contribution in [0, 0.1) is 5.41 Å². The van der Waals surface area contributed by atoms with Gasteiger partial charge in [-0.3, -0.25) is 4.79 Å². The molecule has 2 atom stereocenters. The number of nitrogens with one attached hydrogen (secondary N) is 1. The van der Waals surface area contributed by atoms with Gasteiger partial charge in [0.2, 0.25) is 0 Å². The molecular formula is C29H40ClNO6. The molecule has 204 valence electrons. The van der Waals surface area contributed by atoms with E-state index in [1.807, 2.05) is 48.5 Å². The fourth-order valence-electron chi connectivity index (χ4n) is 3.95. The number of amides is 1. The van der Waals surface area contributed by atoms with Gasteiger partial charge in [0.1, 0.15) is 5.60 Å². The Morgan fingerprint density at radius 2 is 1.76 bits per heavy atom. The molecule has 2 rings (SSSR count). The van der Waals surface area contributed by atoms with E-state index in [1.54, 1.807) is 34.6 Å². The third-order valence-electron chi connectivity index (χ3n) is 5.65. The average molecular weight is 534 g/mol. The van der Waals surface area contributed by atoms with Crippen molar-refractivity contribution in [3.05, 3.63) is 59.1 Å². The number of benzene rings is 2. The van der Waals surface area contributed by atoms with E-state index in [0.29, 0.717) is 24.5 Å². The second-order valence-electron chi connectivity index (χ2n) is 10.4. The Labute approximate surface area is 225 Å². The molecule has 7 nitrogen and oxygen atoms in total. The maximum atomic E-state index is 13.0. The Morgan fingerprint density at radius 3 is 2.35 bits per heavy atom. The van der Waals surface area contributed by atoms with Crippen LogP contribution >= 0.6 is 11.6 Å². The van der Waals surface area contributed by atoms with Gasteiger partial charge in [-0.1, -0.05) is 48.0 Å². The standard InChI is InChI=1S/C29H40ClNO6/c1-6-36-26(33)29(5,20-35-16-8-15-32)19-25(31-27(34)37-28(2,3)4)17-21-11-13-22(14-12-21)23-9-7-10-24(30)18-23/h7,9-14,18,25,32H,6,8,15-17,19-20H2,1-5H3,(H,31,34). The molecule has 0 heterocycles. The molecule has 0 fully saturated rings. The number of hydrogen-bond acceptors (Lipinski definition) is 6. The molecule has 0 aliphatic rings. The van der Waals surface area contributed by atoms with Crippen LogP contribution in [0.25, 0.3) is 11.1 Å². The zero-order valence-corrected chi connectivity index (χ0v) is 23.3. The summed E-state index contributed by atoms with van der Waals surface area (Å²) in [7, 11) is 0. The Kier molecular flexibility index (Phi) is 11.9. The van der Waals surface area contributed by atoms with Gasteiger partial charge < -0.3 is 24.6 Å². The number of alkyl carbamates (subject to hydrolysis) is 1. The highest BCUT2D eigenvalue weighted by Gasteiger charge is 2.38. The smallest absolute Gasteiger partial charge is 0.407 e. The van der Waals surface area contributed by atoms with Crippen molar-refractivity contribution >= 4 is 23.7 Å². The monoisotopic (exact) mass is 533 g/mol. The lowest BCUT2D eigenvalue weighted by Gasteiger charge is -2.32. The molecule has 2 aromatic carbocycles. The Hall–Kier alpha value is -2.61. The molecule has 0 aliphatic carbocycles. The normalized spacial score (nSPS) is 13.9. The van der Waals surface area contributed by atoms with Crippen LogP contribution in [-0.4, -0.2) is 55.2 Å². The van der Waals surface area contributed by atoms with E-state index in [-0.39, 0.29) is 26.2 Å². The van der Waals surface area contributed by atoms with Gasteiger partial charge in [-0.15, -0.1) is 0 Å². The van der Waals surface area contributed by atoms with Crippen molar-refractivity contribution in [1.29, 1.82) is 0 Å². The number of aliphatic hydroxyl groups excluding tert-OH is 1. The van der Waals surface area contributed by atoms with Crippen molar-refractivity contribution < 1.29 is 28.9 Å². The molecular weight excluding hydrogens is 494 g/mol. The SMILES string of the molecule is CCOC(=O)C(C)(COCCCO)CC(Cc1ccc(-c2cccc(Cl)c2)cc1)NC(=O)OC(C)(C)C. The number of rotatable bonds is 13. The summed E-state index contributed by atoms with van der Waals surface area (Å²) in [5.74, 6) is -0.397. The van der Waals surface area contributed by atoms with Gasteiger partial charge in [0, 0.05) is 24.3 Å². The quantitative estimate of drug-likeness (QED) is 0.249. The van der Waals surface area contributed by atoms with Crippen molar-refractivity contribution in [3.8, 4) is 11.1 Å². The van der Waals surface area contributed by atoms with Crippen LogP contribution in [0.3, 0.4) is 0 Å². The van der Waals surface area contributed by atoms with Gasteiger partial charge in [0.25, 0.3) is 0 Å². The second-order valence-corrected chi connectivity index (χ2v) is 10.8. The van der Waals surface area contributed by atoms with Gasteiger partial charge in [0.05, 0.1) is 18.6 Å². The Bertz CT molecular complexity index is 1000. The summed E-state index contributed by atoms with van der Waals surface area (Å²) >= 11 is 6.14. The highest BCUT2D eigenvalue weighted by molar-refractivity contribution is 6.30. The van der Waals surface area contributed by atoms with Crippen LogP contribution in [0.4, 0.5) is 4.79 Å². The molecule has 0 spiro atoms. The summed E-state index contributed by atoms with van der Waals surface area (Å²) in [5, 5.41) is 12.7. The molecule has 1 amide bonds. The van der Waals surface area contributed by atoms with Crippen LogP contribution in [0.5, 0.6) is 0 Å². The van der Waals surface area contributed by atoms with E-state index in [2.05, 4.69) is 5.32 Å². The van der Waals surface area contributed by atoms with Crippen LogP contribution in [0.1, 0.15) is 53.0 Å². The van der Waals surface area contributed by atoms with E-state index in [9.17, 15) is 9.59 Å². The molecule has 0 saturated carbocycles. The van der Waals surface area contributed by atoms with Crippen LogP contribution in [0.2, 0.25) is 5.02 Å². The van der Waals surface area contributed by atoms with Crippen molar-refractivity contribution in [2.75, 3.05) is 26.4 Å². The topological polar surface area (TPSA) is 94.1 Å². The molecule has 2 unspecified atom stereocenters. The first-order valence-electron chi connectivity index (χ1n) is 12.7. The zero-order chi connectivity index (χ0) is 27.5. The lowest BCUT2D eigenvalue weighted by molar-refractivity contribution is -0.159. The predicted molar refractivity (Wildman–Crippen MR) is 146 cm³/mol. The fourth-order valence-corrected chi connectivity index (χ4v) is 4.14. The summed E-state index contributed by atoms with van der Waals surface area (Å²) in [4.78, 5) is 25.6. The van der Waals surface area contributed by atoms with Gasteiger partial charge in [-0.05, 0) is 82.7 Å². The molecule has 37 heavy (non-hydrogen) atoms. The number of halogens is 1.